The Morgan fingerprint density at radius 1 is 1.36 bits per heavy atom. The molecule has 0 saturated carbocycles. The molecule has 7 nitrogen and oxygen atoms in total. The lowest BCUT2D eigenvalue weighted by Crippen LogP contribution is -2.15. The van der Waals surface area contributed by atoms with Crippen LogP contribution in [0.5, 0.6) is 5.88 Å². The summed E-state index contributed by atoms with van der Waals surface area (Å²) in [5, 5.41) is 1.05. The Bertz CT molecular complexity index is 1020. The average Bonchev–Trinajstić information content (AvgIpc) is 3.00. The number of aromatic amines is 1. The molecule has 2 N–H and O–H groups in total. The summed E-state index contributed by atoms with van der Waals surface area (Å²) < 4.78 is 33.0. The third-order valence-electron chi connectivity index (χ3n) is 3.66. The maximum absolute atomic E-state index is 12.7. The molecule has 0 unspecified atom stereocenters. The van der Waals surface area contributed by atoms with Crippen LogP contribution in [0.1, 0.15) is 18.9 Å². The Labute approximate surface area is 150 Å². The number of nitrogens with zero attached hydrogens (tertiary/aromatic N) is 2. The molecule has 9 heteroatoms. The van der Waals surface area contributed by atoms with Gasteiger partial charge in [-0.25, -0.2) is 18.1 Å². The van der Waals surface area contributed by atoms with E-state index in [-0.39, 0.29) is 10.8 Å². The monoisotopic (exact) mass is 380 g/mol. The number of H-pyrrole nitrogens is 1. The van der Waals surface area contributed by atoms with Crippen molar-refractivity contribution in [2.75, 3.05) is 11.8 Å². The van der Waals surface area contributed by atoms with Crippen molar-refractivity contribution in [3.05, 3.63) is 41.2 Å². The number of fused-ring (bicyclic) bond motifs is 1. The third-order valence-corrected chi connectivity index (χ3v) is 5.26. The summed E-state index contributed by atoms with van der Waals surface area (Å²) in [7, 11) is -2.38. The van der Waals surface area contributed by atoms with Crippen molar-refractivity contribution >= 4 is 38.5 Å². The fourth-order valence-electron chi connectivity index (χ4n) is 2.53. The van der Waals surface area contributed by atoms with E-state index in [0.29, 0.717) is 21.8 Å². The van der Waals surface area contributed by atoms with Gasteiger partial charge in [-0.15, -0.1) is 0 Å². The highest BCUT2D eigenvalue weighted by molar-refractivity contribution is 7.93. The van der Waals surface area contributed by atoms with E-state index in [1.54, 1.807) is 24.4 Å². The Morgan fingerprint density at radius 2 is 2.16 bits per heavy atom. The van der Waals surface area contributed by atoms with Gasteiger partial charge in [0.2, 0.25) is 11.8 Å². The van der Waals surface area contributed by atoms with Gasteiger partial charge in [-0.05, 0) is 24.6 Å². The van der Waals surface area contributed by atoms with Gasteiger partial charge in [-0.2, -0.15) is 4.98 Å². The number of hydrogen-bond acceptors (Lipinski definition) is 5. The SMILES string of the molecule is CCCc1cnc(NS(=O)(=O)c2c[nH]c3cc(Cl)ccc23)nc1OC. The second kappa shape index (κ2) is 6.89. The van der Waals surface area contributed by atoms with Crippen LogP contribution in [0, 0.1) is 0 Å². The predicted octanol–water partition coefficient (Wildman–Crippen LogP) is 3.37. The molecule has 2 aromatic heterocycles. The minimum atomic E-state index is -3.86. The Balaban J connectivity index is 1.95. The molecule has 3 rings (SSSR count). The molecule has 0 atom stereocenters. The summed E-state index contributed by atoms with van der Waals surface area (Å²) in [6.07, 6.45) is 4.64. The van der Waals surface area contributed by atoms with E-state index in [0.717, 1.165) is 18.4 Å². The van der Waals surface area contributed by atoms with Crippen LogP contribution in [0.15, 0.2) is 35.5 Å². The quantitative estimate of drug-likeness (QED) is 0.683. The highest BCUT2D eigenvalue weighted by Gasteiger charge is 2.21. The fraction of sp³-hybridized carbons (Fsp3) is 0.250. The first-order chi connectivity index (χ1) is 11.9. The Hall–Kier alpha value is -2.32. The van der Waals surface area contributed by atoms with E-state index in [1.807, 2.05) is 6.92 Å². The number of hydrogen-bond donors (Lipinski definition) is 2. The first kappa shape index (κ1) is 17.5. The summed E-state index contributed by atoms with van der Waals surface area (Å²) in [5.74, 6) is 0.320. The molecule has 0 saturated heterocycles. The van der Waals surface area contributed by atoms with E-state index in [1.165, 1.54) is 13.3 Å². The van der Waals surface area contributed by atoms with Crippen LogP contribution < -0.4 is 9.46 Å². The second-order valence-corrected chi connectivity index (χ2v) is 7.51. The Morgan fingerprint density at radius 3 is 2.88 bits per heavy atom. The lowest BCUT2D eigenvalue weighted by Gasteiger charge is -2.09. The van der Waals surface area contributed by atoms with Gasteiger partial charge in [0.05, 0.1) is 7.11 Å². The summed E-state index contributed by atoms with van der Waals surface area (Å²) in [6, 6.07) is 4.94. The van der Waals surface area contributed by atoms with E-state index >= 15 is 0 Å². The van der Waals surface area contributed by atoms with E-state index in [9.17, 15) is 8.42 Å². The molecule has 0 aliphatic rings. The molecule has 0 amide bonds. The number of nitrogens with one attached hydrogen (secondary N) is 2. The molecule has 132 valence electrons. The highest BCUT2D eigenvalue weighted by Crippen LogP contribution is 2.27. The summed E-state index contributed by atoms with van der Waals surface area (Å²) in [6.45, 7) is 2.03. The number of aryl methyl sites for hydroxylation is 1. The zero-order valence-electron chi connectivity index (χ0n) is 13.7. The van der Waals surface area contributed by atoms with Crippen LogP contribution in [0.4, 0.5) is 5.95 Å². The van der Waals surface area contributed by atoms with E-state index < -0.39 is 10.0 Å². The number of anilines is 1. The highest BCUT2D eigenvalue weighted by atomic mass is 35.5. The zero-order valence-corrected chi connectivity index (χ0v) is 15.3. The maximum atomic E-state index is 12.7. The molecule has 0 aliphatic carbocycles. The van der Waals surface area contributed by atoms with Crippen LogP contribution in [-0.4, -0.2) is 30.5 Å². The minimum Gasteiger partial charge on any atom is -0.481 e. The van der Waals surface area contributed by atoms with Crippen molar-refractivity contribution in [3.8, 4) is 5.88 Å². The third kappa shape index (κ3) is 3.54. The largest absolute Gasteiger partial charge is 0.481 e. The summed E-state index contributed by atoms with van der Waals surface area (Å²) in [5.41, 5.74) is 1.46. The molecule has 25 heavy (non-hydrogen) atoms. The molecule has 2 heterocycles. The van der Waals surface area contributed by atoms with Crippen LogP contribution in [-0.2, 0) is 16.4 Å². The van der Waals surface area contributed by atoms with Crippen molar-refractivity contribution < 1.29 is 13.2 Å². The first-order valence-corrected chi connectivity index (χ1v) is 9.50. The fourth-order valence-corrected chi connectivity index (χ4v) is 3.83. The Kier molecular flexibility index (Phi) is 4.82. The molecular formula is C16H17ClN4O3S. The second-order valence-electron chi connectivity index (χ2n) is 5.43. The van der Waals surface area contributed by atoms with Crippen LogP contribution in [0.25, 0.3) is 10.9 Å². The predicted molar refractivity (Wildman–Crippen MR) is 96.7 cm³/mol. The van der Waals surface area contributed by atoms with Crippen LogP contribution >= 0.6 is 11.6 Å². The lowest BCUT2D eigenvalue weighted by molar-refractivity contribution is 0.392. The topological polar surface area (TPSA) is 97.0 Å². The number of benzene rings is 1. The van der Waals surface area contributed by atoms with Crippen molar-refractivity contribution in [3.63, 3.8) is 0 Å². The van der Waals surface area contributed by atoms with Gasteiger partial charge < -0.3 is 9.72 Å². The van der Waals surface area contributed by atoms with Gasteiger partial charge >= 0.3 is 0 Å². The smallest absolute Gasteiger partial charge is 0.266 e. The maximum Gasteiger partial charge on any atom is 0.266 e. The van der Waals surface area contributed by atoms with Gasteiger partial charge in [-0.1, -0.05) is 24.9 Å². The van der Waals surface area contributed by atoms with Crippen LogP contribution in [0.3, 0.4) is 0 Å². The van der Waals surface area contributed by atoms with Gasteiger partial charge in [0.1, 0.15) is 4.90 Å². The number of sulfonamides is 1. The van der Waals surface area contributed by atoms with Crippen molar-refractivity contribution in [2.24, 2.45) is 0 Å². The van der Waals surface area contributed by atoms with E-state index in [4.69, 9.17) is 16.3 Å². The normalized spacial score (nSPS) is 11.6. The first-order valence-electron chi connectivity index (χ1n) is 7.64. The molecular weight excluding hydrogens is 364 g/mol. The number of halogens is 1. The minimum absolute atomic E-state index is 0.0417. The molecule has 0 spiro atoms. The summed E-state index contributed by atoms with van der Waals surface area (Å²) in [4.78, 5) is 11.2. The number of ether oxygens (including phenoxy) is 1. The zero-order chi connectivity index (χ0) is 18.0. The number of methoxy groups -OCH3 is 1. The molecule has 0 radical (unpaired) electrons. The van der Waals surface area contributed by atoms with Crippen molar-refractivity contribution in [2.45, 2.75) is 24.7 Å². The van der Waals surface area contributed by atoms with Gasteiger partial charge in [0.25, 0.3) is 10.0 Å². The average molecular weight is 381 g/mol. The standard InChI is InChI=1S/C16H17ClN4O3S/c1-3-4-10-8-19-16(20-15(10)24-2)21-25(22,23)14-9-18-13-7-11(17)5-6-12(13)14/h5-9,18H,3-4H2,1-2H3,(H,19,20,21). The van der Waals surface area contributed by atoms with Crippen molar-refractivity contribution in [1.29, 1.82) is 0 Å². The lowest BCUT2D eigenvalue weighted by atomic mass is 10.2. The number of rotatable bonds is 6. The molecule has 1 aromatic carbocycles. The molecule has 0 bridgehead atoms. The van der Waals surface area contributed by atoms with Gasteiger partial charge in [-0.3, -0.25) is 0 Å². The van der Waals surface area contributed by atoms with Crippen molar-refractivity contribution in [1.82, 2.24) is 15.0 Å². The molecule has 0 fully saturated rings. The van der Waals surface area contributed by atoms with Gasteiger partial charge in [0, 0.05) is 33.9 Å². The van der Waals surface area contributed by atoms with Crippen LogP contribution in [0.2, 0.25) is 5.02 Å². The molecule has 3 aromatic rings. The van der Waals surface area contributed by atoms with E-state index in [2.05, 4.69) is 19.7 Å². The molecule has 0 aliphatic heterocycles. The van der Waals surface area contributed by atoms with Gasteiger partial charge in [0.15, 0.2) is 0 Å². The summed E-state index contributed by atoms with van der Waals surface area (Å²) >= 11 is 5.93. The number of aromatic nitrogens is 3.